The van der Waals surface area contributed by atoms with E-state index in [-0.39, 0.29) is 0 Å². The number of ether oxygens (including phenoxy) is 1. The maximum Gasteiger partial charge on any atom is 0.120 e. The summed E-state index contributed by atoms with van der Waals surface area (Å²) in [4.78, 5) is 0. The second-order valence-electron chi connectivity index (χ2n) is 5.33. The third kappa shape index (κ3) is 3.47. The molecular formula is C18H21BrO2. The lowest BCUT2D eigenvalue weighted by Crippen LogP contribution is -2.06. The van der Waals surface area contributed by atoms with Crippen molar-refractivity contribution in [2.24, 2.45) is 0 Å². The average molecular weight is 349 g/mol. The molecule has 2 rings (SSSR count). The van der Waals surface area contributed by atoms with Gasteiger partial charge in [-0.05, 0) is 62.1 Å². The number of rotatable bonds is 4. The Bertz CT molecular complexity index is 627. The van der Waals surface area contributed by atoms with Crippen LogP contribution in [0.25, 0.3) is 0 Å². The monoisotopic (exact) mass is 348 g/mol. The summed E-state index contributed by atoms with van der Waals surface area (Å²) in [6.45, 7) is 8.74. The van der Waals surface area contributed by atoms with Gasteiger partial charge in [0.05, 0.1) is 6.61 Å². The maximum atomic E-state index is 10.8. The van der Waals surface area contributed by atoms with Crippen LogP contribution >= 0.6 is 15.9 Å². The zero-order chi connectivity index (χ0) is 15.6. The van der Waals surface area contributed by atoms with E-state index >= 15 is 0 Å². The SMILES string of the molecule is CCOc1ccc(C(O)c2c(C)cc(C)cc2C)c(Br)c1. The molecule has 0 bridgehead atoms. The minimum absolute atomic E-state index is 0.629. The highest BCUT2D eigenvalue weighted by Gasteiger charge is 2.18. The Morgan fingerprint density at radius 3 is 2.24 bits per heavy atom. The number of aliphatic hydroxyl groups is 1. The molecule has 0 radical (unpaired) electrons. The molecule has 0 aliphatic rings. The van der Waals surface area contributed by atoms with Crippen LogP contribution in [0.5, 0.6) is 5.75 Å². The molecule has 0 fully saturated rings. The summed E-state index contributed by atoms with van der Waals surface area (Å²) < 4.78 is 6.34. The van der Waals surface area contributed by atoms with Crippen molar-refractivity contribution >= 4 is 15.9 Å². The number of benzene rings is 2. The summed E-state index contributed by atoms with van der Waals surface area (Å²) >= 11 is 3.54. The Hall–Kier alpha value is -1.32. The van der Waals surface area contributed by atoms with Gasteiger partial charge in [-0.25, -0.2) is 0 Å². The normalized spacial score (nSPS) is 12.3. The maximum absolute atomic E-state index is 10.8. The van der Waals surface area contributed by atoms with Crippen molar-refractivity contribution < 1.29 is 9.84 Å². The van der Waals surface area contributed by atoms with E-state index in [1.54, 1.807) is 0 Å². The molecule has 2 aromatic carbocycles. The zero-order valence-corrected chi connectivity index (χ0v) is 14.5. The van der Waals surface area contributed by atoms with Crippen molar-refractivity contribution in [1.29, 1.82) is 0 Å². The first-order chi connectivity index (χ1) is 9.93. The average Bonchev–Trinajstić information content (AvgIpc) is 2.37. The Labute approximate surface area is 134 Å². The van der Waals surface area contributed by atoms with Crippen molar-refractivity contribution in [3.8, 4) is 5.75 Å². The van der Waals surface area contributed by atoms with Gasteiger partial charge in [-0.15, -0.1) is 0 Å². The minimum atomic E-state index is -0.643. The van der Waals surface area contributed by atoms with Gasteiger partial charge in [0.2, 0.25) is 0 Å². The number of aryl methyl sites for hydroxylation is 3. The molecule has 0 aromatic heterocycles. The number of hydrogen-bond acceptors (Lipinski definition) is 2. The molecule has 21 heavy (non-hydrogen) atoms. The van der Waals surface area contributed by atoms with Crippen LogP contribution in [0.4, 0.5) is 0 Å². The van der Waals surface area contributed by atoms with E-state index in [0.717, 1.165) is 32.5 Å². The lowest BCUT2D eigenvalue weighted by molar-refractivity contribution is 0.218. The fourth-order valence-corrected chi connectivity index (χ4v) is 3.34. The highest BCUT2D eigenvalue weighted by Crippen LogP contribution is 2.34. The minimum Gasteiger partial charge on any atom is -0.494 e. The van der Waals surface area contributed by atoms with Crippen LogP contribution in [0.2, 0.25) is 0 Å². The molecule has 0 saturated carbocycles. The Balaban J connectivity index is 2.43. The predicted octanol–water partition coefficient (Wildman–Crippen LogP) is 4.85. The van der Waals surface area contributed by atoms with Crippen LogP contribution in [0.1, 0.15) is 40.8 Å². The summed E-state index contributed by atoms with van der Waals surface area (Å²) in [5.41, 5.74) is 5.27. The lowest BCUT2D eigenvalue weighted by atomic mass is 9.92. The van der Waals surface area contributed by atoms with Gasteiger partial charge in [-0.2, -0.15) is 0 Å². The van der Waals surface area contributed by atoms with E-state index in [9.17, 15) is 5.11 Å². The van der Waals surface area contributed by atoms with E-state index in [2.05, 4.69) is 35.0 Å². The van der Waals surface area contributed by atoms with Gasteiger partial charge in [0.25, 0.3) is 0 Å². The molecule has 0 heterocycles. The standard InChI is InChI=1S/C18H21BrO2/c1-5-21-14-6-7-15(16(19)10-14)18(20)17-12(3)8-11(2)9-13(17)4/h6-10,18,20H,5H2,1-4H3. The van der Waals surface area contributed by atoms with Crippen molar-refractivity contribution in [1.82, 2.24) is 0 Å². The highest BCUT2D eigenvalue weighted by atomic mass is 79.9. The van der Waals surface area contributed by atoms with Crippen LogP contribution in [0, 0.1) is 20.8 Å². The Morgan fingerprint density at radius 1 is 1.10 bits per heavy atom. The lowest BCUT2D eigenvalue weighted by Gasteiger charge is -2.19. The quantitative estimate of drug-likeness (QED) is 0.855. The van der Waals surface area contributed by atoms with Crippen LogP contribution in [0.3, 0.4) is 0 Å². The van der Waals surface area contributed by atoms with Crippen molar-refractivity contribution in [3.05, 3.63) is 62.6 Å². The Kier molecular flexibility index (Phi) is 5.07. The van der Waals surface area contributed by atoms with Gasteiger partial charge >= 0.3 is 0 Å². The van der Waals surface area contributed by atoms with Crippen molar-refractivity contribution in [2.75, 3.05) is 6.61 Å². The third-order valence-corrected chi connectivity index (χ3v) is 4.28. The summed E-state index contributed by atoms with van der Waals surface area (Å²) in [6.07, 6.45) is -0.643. The topological polar surface area (TPSA) is 29.5 Å². The first-order valence-electron chi connectivity index (χ1n) is 7.12. The molecule has 0 saturated heterocycles. The summed E-state index contributed by atoms with van der Waals surface area (Å²) in [5.74, 6) is 0.803. The first-order valence-corrected chi connectivity index (χ1v) is 7.91. The molecule has 2 nitrogen and oxygen atoms in total. The molecule has 3 heteroatoms. The first kappa shape index (κ1) is 16.1. The van der Waals surface area contributed by atoms with Gasteiger partial charge in [0.1, 0.15) is 11.9 Å². The van der Waals surface area contributed by atoms with E-state index in [4.69, 9.17) is 4.74 Å². The smallest absolute Gasteiger partial charge is 0.120 e. The van der Waals surface area contributed by atoms with Crippen LogP contribution < -0.4 is 4.74 Å². The summed E-state index contributed by atoms with van der Waals surface area (Å²) in [6, 6.07) is 9.92. The largest absolute Gasteiger partial charge is 0.494 e. The fourth-order valence-electron chi connectivity index (χ4n) is 2.76. The highest BCUT2D eigenvalue weighted by molar-refractivity contribution is 9.10. The van der Waals surface area contributed by atoms with Crippen LogP contribution in [0.15, 0.2) is 34.8 Å². The summed E-state index contributed by atoms with van der Waals surface area (Å²) in [5, 5.41) is 10.8. The van der Waals surface area contributed by atoms with E-state index in [1.165, 1.54) is 5.56 Å². The molecule has 0 amide bonds. The van der Waals surface area contributed by atoms with Gasteiger partial charge in [-0.3, -0.25) is 0 Å². The molecule has 2 aromatic rings. The molecule has 1 N–H and O–H groups in total. The molecule has 0 spiro atoms. The number of halogens is 1. The van der Waals surface area contributed by atoms with Gasteiger partial charge in [0.15, 0.2) is 0 Å². The molecular weight excluding hydrogens is 328 g/mol. The molecule has 112 valence electrons. The predicted molar refractivity (Wildman–Crippen MR) is 90.0 cm³/mol. The zero-order valence-electron chi connectivity index (χ0n) is 12.9. The van der Waals surface area contributed by atoms with E-state index < -0.39 is 6.10 Å². The summed E-state index contributed by atoms with van der Waals surface area (Å²) in [7, 11) is 0. The van der Waals surface area contributed by atoms with Crippen molar-refractivity contribution in [2.45, 2.75) is 33.8 Å². The van der Waals surface area contributed by atoms with Gasteiger partial charge in [-0.1, -0.05) is 39.7 Å². The molecule has 1 unspecified atom stereocenters. The molecule has 0 aliphatic heterocycles. The van der Waals surface area contributed by atoms with E-state index in [1.807, 2.05) is 39.0 Å². The van der Waals surface area contributed by atoms with E-state index in [0.29, 0.717) is 6.61 Å². The van der Waals surface area contributed by atoms with Crippen LogP contribution in [-0.2, 0) is 0 Å². The third-order valence-electron chi connectivity index (χ3n) is 3.59. The second-order valence-corrected chi connectivity index (χ2v) is 6.19. The van der Waals surface area contributed by atoms with Gasteiger partial charge in [0, 0.05) is 4.47 Å². The molecule has 1 atom stereocenters. The Morgan fingerprint density at radius 2 is 1.71 bits per heavy atom. The van der Waals surface area contributed by atoms with Crippen LogP contribution in [-0.4, -0.2) is 11.7 Å². The van der Waals surface area contributed by atoms with Gasteiger partial charge < -0.3 is 9.84 Å². The molecule has 0 aliphatic carbocycles. The fraction of sp³-hybridized carbons (Fsp3) is 0.333. The number of aliphatic hydroxyl groups excluding tert-OH is 1. The number of hydrogen-bond donors (Lipinski definition) is 1. The van der Waals surface area contributed by atoms with Crippen molar-refractivity contribution in [3.63, 3.8) is 0 Å². The second kappa shape index (κ2) is 6.63.